The van der Waals surface area contributed by atoms with Crippen LogP contribution in [0.1, 0.15) is 45.4 Å². The molecule has 3 aliphatic heterocycles. The summed E-state index contributed by atoms with van der Waals surface area (Å²) in [6.45, 7) is 2.19. The maximum atomic E-state index is 13.3. The number of hydrogen-bond donors (Lipinski definition) is 0. The Hall–Kier alpha value is -1.38. The second kappa shape index (κ2) is 6.57. The average Bonchev–Trinajstić information content (AvgIpc) is 2.97. The number of amides is 1. The van der Waals surface area contributed by atoms with Gasteiger partial charge in [-0.3, -0.25) is 4.79 Å². The largest absolute Gasteiger partial charge is 0.361 e. The van der Waals surface area contributed by atoms with Crippen LogP contribution in [0.4, 0.5) is 5.69 Å². The number of halogens is 1. The van der Waals surface area contributed by atoms with Gasteiger partial charge in [-0.2, -0.15) is 5.26 Å². The van der Waals surface area contributed by atoms with Crippen molar-refractivity contribution in [3.8, 4) is 6.07 Å². The van der Waals surface area contributed by atoms with Gasteiger partial charge in [-0.05, 0) is 62.1 Å². The molecule has 1 aromatic rings. The van der Waals surface area contributed by atoms with Gasteiger partial charge in [0.25, 0.3) is 0 Å². The highest BCUT2D eigenvalue weighted by Gasteiger charge is 2.56. The van der Waals surface area contributed by atoms with E-state index >= 15 is 0 Å². The Bertz CT molecular complexity index is 852. The highest BCUT2D eigenvalue weighted by molar-refractivity contribution is 8.00. The zero-order valence-corrected chi connectivity index (χ0v) is 18.0. The van der Waals surface area contributed by atoms with Crippen molar-refractivity contribution in [3.05, 3.63) is 23.2 Å². The minimum Gasteiger partial charge on any atom is -0.361 e. The van der Waals surface area contributed by atoms with Crippen LogP contribution in [0.2, 0.25) is 5.02 Å². The van der Waals surface area contributed by atoms with Gasteiger partial charge >= 0.3 is 0 Å². The fourth-order valence-electron chi connectivity index (χ4n) is 6.36. The topological polar surface area (TPSA) is 47.3 Å². The average molecular weight is 416 g/mol. The van der Waals surface area contributed by atoms with Crippen molar-refractivity contribution >= 4 is 35.0 Å². The summed E-state index contributed by atoms with van der Waals surface area (Å²) in [5.41, 5.74) is 1.01. The van der Waals surface area contributed by atoms with Gasteiger partial charge in [0.2, 0.25) is 5.91 Å². The molecule has 0 aromatic heterocycles. The summed E-state index contributed by atoms with van der Waals surface area (Å²) in [5, 5.41) is 10.7. The zero-order chi connectivity index (χ0) is 19.6. The van der Waals surface area contributed by atoms with Crippen molar-refractivity contribution in [1.82, 2.24) is 4.90 Å². The summed E-state index contributed by atoms with van der Waals surface area (Å²) in [4.78, 5) is 19.0. The Labute approximate surface area is 176 Å². The SMILES string of the molecule is CC(CC(=O)N1C2CC3CC1CC(C#N)(C3)C2)C1Sc2ccc(Cl)cc2N1C. The monoisotopic (exact) mass is 415 g/mol. The van der Waals surface area contributed by atoms with Gasteiger partial charge in [0.05, 0.1) is 22.5 Å². The maximum absolute atomic E-state index is 13.3. The summed E-state index contributed by atoms with van der Waals surface area (Å²) in [5.74, 6) is 1.18. The van der Waals surface area contributed by atoms with E-state index in [1.807, 2.05) is 23.9 Å². The summed E-state index contributed by atoms with van der Waals surface area (Å²) in [6, 6.07) is 9.22. The standard InChI is InChI=1S/C22H26ClN3OS/c1-13(21-25(2)18-8-15(23)3-4-19(18)28-21)5-20(27)26-16-6-14-7-17(26)11-22(9-14,10-16)12-24/h3-4,8,13-14,16-17,21H,5-7,9-11H2,1-2H3. The summed E-state index contributed by atoms with van der Waals surface area (Å²) in [6.07, 6.45) is 5.60. The fraction of sp³-hybridized carbons (Fsp3) is 0.636. The summed E-state index contributed by atoms with van der Waals surface area (Å²) >= 11 is 8.01. The molecule has 2 saturated heterocycles. The molecule has 1 aromatic carbocycles. The number of anilines is 1. The zero-order valence-electron chi connectivity index (χ0n) is 16.4. The molecule has 4 atom stereocenters. The minimum atomic E-state index is -0.151. The minimum absolute atomic E-state index is 0.151. The number of carbonyl (C=O) groups excluding carboxylic acids is 1. The molecular weight excluding hydrogens is 390 g/mol. The van der Waals surface area contributed by atoms with Crippen LogP contribution in [-0.4, -0.2) is 35.3 Å². The first-order valence-corrected chi connectivity index (χ1v) is 11.6. The lowest BCUT2D eigenvalue weighted by Gasteiger charge is -2.59. The molecule has 4 nitrogen and oxygen atoms in total. The van der Waals surface area contributed by atoms with Crippen LogP contribution < -0.4 is 4.90 Å². The van der Waals surface area contributed by atoms with Crippen molar-refractivity contribution in [2.75, 3.05) is 11.9 Å². The number of carbonyl (C=O) groups is 1. The van der Waals surface area contributed by atoms with Crippen molar-refractivity contribution in [1.29, 1.82) is 5.26 Å². The highest BCUT2D eigenvalue weighted by Crippen LogP contribution is 2.56. The van der Waals surface area contributed by atoms with Crippen LogP contribution in [0.3, 0.4) is 0 Å². The van der Waals surface area contributed by atoms with E-state index in [1.165, 1.54) is 4.90 Å². The normalized spacial score (nSPS) is 36.4. The first-order chi connectivity index (χ1) is 13.4. The van der Waals surface area contributed by atoms with Crippen molar-refractivity contribution in [2.24, 2.45) is 17.3 Å². The van der Waals surface area contributed by atoms with Gasteiger partial charge in [0, 0.05) is 35.5 Å². The highest BCUT2D eigenvalue weighted by atomic mass is 35.5. The quantitative estimate of drug-likeness (QED) is 0.703. The van der Waals surface area contributed by atoms with Crippen LogP contribution in [0.15, 0.2) is 23.1 Å². The van der Waals surface area contributed by atoms with Gasteiger partial charge in [-0.1, -0.05) is 30.3 Å². The molecule has 1 amide bonds. The second-order valence-corrected chi connectivity index (χ2v) is 11.0. The molecule has 2 aliphatic carbocycles. The number of rotatable bonds is 3. The Morgan fingerprint density at radius 3 is 2.75 bits per heavy atom. The molecule has 28 heavy (non-hydrogen) atoms. The molecule has 3 heterocycles. The molecule has 4 bridgehead atoms. The molecular formula is C22H26ClN3OS. The third-order valence-corrected chi connectivity index (χ3v) is 9.23. The number of hydrogen-bond acceptors (Lipinski definition) is 4. The lowest BCUT2D eigenvalue weighted by molar-refractivity contribution is -0.154. The number of piperidine rings is 2. The molecule has 0 spiro atoms. The van der Waals surface area contributed by atoms with E-state index in [0.29, 0.717) is 12.3 Å². The molecule has 5 aliphatic rings. The smallest absolute Gasteiger partial charge is 0.223 e. The summed E-state index contributed by atoms with van der Waals surface area (Å²) in [7, 11) is 2.10. The molecule has 4 unspecified atom stereocenters. The van der Waals surface area contributed by atoms with Crippen molar-refractivity contribution in [3.63, 3.8) is 0 Å². The first-order valence-electron chi connectivity index (χ1n) is 10.3. The van der Waals surface area contributed by atoms with Crippen molar-refractivity contribution < 1.29 is 4.79 Å². The van der Waals surface area contributed by atoms with Crippen LogP contribution in [0.5, 0.6) is 0 Å². The van der Waals surface area contributed by atoms with E-state index in [0.717, 1.165) is 42.8 Å². The second-order valence-electron chi connectivity index (χ2n) is 9.36. The van der Waals surface area contributed by atoms with E-state index in [4.69, 9.17) is 11.6 Å². The van der Waals surface area contributed by atoms with Gasteiger partial charge in [0.1, 0.15) is 0 Å². The Balaban J connectivity index is 1.29. The van der Waals surface area contributed by atoms with E-state index in [2.05, 4.69) is 35.9 Å². The van der Waals surface area contributed by atoms with Crippen LogP contribution >= 0.6 is 23.4 Å². The van der Waals surface area contributed by atoms with Gasteiger partial charge in [-0.25, -0.2) is 0 Å². The number of fused-ring (bicyclic) bond motifs is 1. The van der Waals surface area contributed by atoms with Crippen LogP contribution in [-0.2, 0) is 4.79 Å². The Kier molecular flexibility index (Phi) is 4.37. The van der Waals surface area contributed by atoms with Gasteiger partial charge in [-0.15, -0.1) is 0 Å². The lowest BCUT2D eigenvalue weighted by atomic mass is 9.56. The van der Waals surface area contributed by atoms with E-state index < -0.39 is 0 Å². The Morgan fingerprint density at radius 1 is 1.36 bits per heavy atom. The molecule has 2 saturated carbocycles. The van der Waals surface area contributed by atoms with E-state index in [9.17, 15) is 10.1 Å². The molecule has 0 radical (unpaired) electrons. The van der Waals surface area contributed by atoms with Crippen LogP contribution in [0.25, 0.3) is 0 Å². The molecule has 4 fully saturated rings. The fourth-order valence-corrected chi connectivity index (χ4v) is 7.86. The van der Waals surface area contributed by atoms with E-state index in [1.54, 1.807) is 0 Å². The number of benzene rings is 1. The van der Waals surface area contributed by atoms with Crippen LogP contribution in [0, 0.1) is 28.6 Å². The third kappa shape index (κ3) is 2.83. The maximum Gasteiger partial charge on any atom is 0.223 e. The number of nitrogens with zero attached hydrogens (tertiary/aromatic N) is 3. The van der Waals surface area contributed by atoms with Gasteiger partial charge < -0.3 is 9.80 Å². The molecule has 6 heteroatoms. The number of thioether (sulfide) groups is 1. The summed E-state index contributed by atoms with van der Waals surface area (Å²) < 4.78 is 0. The molecule has 148 valence electrons. The van der Waals surface area contributed by atoms with Gasteiger partial charge in [0.15, 0.2) is 0 Å². The van der Waals surface area contributed by atoms with E-state index in [-0.39, 0.29) is 34.7 Å². The van der Waals surface area contributed by atoms with Crippen molar-refractivity contribution in [2.45, 2.75) is 67.8 Å². The Morgan fingerprint density at radius 2 is 2.07 bits per heavy atom. The third-order valence-electron chi connectivity index (χ3n) is 7.37. The predicted molar refractivity (Wildman–Crippen MR) is 112 cm³/mol. The predicted octanol–water partition coefficient (Wildman–Crippen LogP) is 4.92. The molecule has 6 rings (SSSR count). The molecule has 0 N–H and O–H groups in total. The first kappa shape index (κ1) is 18.6. The lowest BCUT2D eigenvalue weighted by Crippen LogP contribution is -2.63. The number of nitriles is 1.